The number of rotatable bonds is 4. The Bertz CT molecular complexity index is 519. The molecule has 19 heavy (non-hydrogen) atoms. The average Bonchev–Trinajstić information content (AvgIpc) is 2.75. The summed E-state index contributed by atoms with van der Waals surface area (Å²) < 4.78 is 5.68. The Labute approximate surface area is 112 Å². The number of aryl methyl sites for hydroxylation is 2. The Hall–Kier alpha value is -1.65. The number of hydrogen-bond donors (Lipinski definition) is 2. The van der Waals surface area contributed by atoms with E-state index in [-0.39, 0.29) is 12.7 Å². The minimum Gasteiger partial charge on any atom is -0.478 e. The highest BCUT2D eigenvalue weighted by Gasteiger charge is 2.20. The van der Waals surface area contributed by atoms with Crippen LogP contribution in [0.25, 0.3) is 0 Å². The smallest absolute Gasteiger partial charge is 0.336 e. The highest BCUT2D eigenvalue weighted by molar-refractivity contribution is 5.91. The zero-order chi connectivity index (χ0) is 14.0. The lowest BCUT2D eigenvalue weighted by Gasteiger charge is -2.15. The molecule has 0 aliphatic heterocycles. The second kappa shape index (κ2) is 5.55. The predicted molar refractivity (Wildman–Crippen MR) is 71.2 cm³/mol. The van der Waals surface area contributed by atoms with Crippen molar-refractivity contribution < 1.29 is 19.7 Å². The summed E-state index contributed by atoms with van der Waals surface area (Å²) in [4.78, 5) is 11.3. The molecule has 4 nitrogen and oxygen atoms in total. The lowest BCUT2D eigenvalue weighted by molar-refractivity contribution is 0.0504. The Balaban J connectivity index is 2.17. The molecule has 1 aliphatic carbocycles. The van der Waals surface area contributed by atoms with Gasteiger partial charge < -0.3 is 14.9 Å². The van der Waals surface area contributed by atoms with E-state index in [0.717, 1.165) is 11.1 Å². The van der Waals surface area contributed by atoms with Gasteiger partial charge in [-0.05, 0) is 30.5 Å². The Morgan fingerprint density at radius 3 is 2.58 bits per heavy atom. The van der Waals surface area contributed by atoms with E-state index in [9.17, 15) is 15.0 Å². The number of benzene rings is 1. The fourth-order valence-corrected chi connectivity index (χ4v) is 2.31. The van der Waals surface area contributed by atoms with Crippen LogP contribution in [0.3, 0.4) is 0 Å². The van der Waals surface area contributed by atoms with E-state index < -0.39 is 12.1 Å². The maximum Gasteiger partial charge on any atom is 0.336 e. The van der Waals surface area contributed by atoms with Gasteiger partial charge in [0.25, 0.3) is 0 Å². The van der Waals surface area contributed by atoms with Gasteiger partial charge in [0.1, 0.15) is 0 Å². The van der Waals surface area contributed by atoms with E-state index in [2.05, 4.69) is 0 Å². The summed E-state index contributed by atoms with van der Waals surface area (Å²) in [5.41, 5.74) is 2.68. The van der Waals surface area contributed by atoms with E-state index in [1.165, 1.54) is 0 Å². The van der Waals surface area contributed by atoms with Gasteiger partial charge in [0.2, 0.25) is 0 Å². The van der Waals surface area contributed by atoms with E-state index in [1.807, 2.05) is 25.1 Å². The van der Waals surface area contributed by atoms with Crippen LogP contribution < -0.4 is 0 Å². The second-order valence-electron chi connectivity index (χ2n) is 4.90. The van der Waals surface area contributed by atoms with Crippen LogP contribution >= 0.6 is 0 Å². The number of ether oxygens (including phenoxy) is 1. The first-order chi connectivity index (χ1) is 8.99. The molecule has 0 saturated heterocycles. The molecule has 1 aromatic rings. The fraction of sp³-hybridized carbons (Fsp3) is 0.400. The van der Waals surface area contributed by atoms with E-state index >= 15 is 0 Å². The molecular formula is C15H18O4. The van der Waals surface area contributed by atoms with Gasteiger partial charge in [-0.25, -0.2) is 4.79 Å². The van der Waals surface area contributed by atoms with Crippen LogP contribution in [0, 0.1) is 13.8 Å². The average molecular weight is 262 g/mol. The maximum absolute atomic E-state index is 11.3. The van der Waals surface area contributed by atoms with E-state index in [0.29, 0.717) is 17.5 Å². The summed E-state index contributed by atoms with van der Waals surface area (Å²) in [5, 5.41) is 18.7. The van der Waals surface area contributed by atoms with Gasteiger partial charge in [-0.15, -0.1) is 0 Å². The molecular weight excluding hydrogens is 244 g/mol. The van der Waals surface area contributed by atoms with Crippen LogP contribution in [0.1, 0.15) is 33.5 Å². The van der Waals surface area contributed by atoms with Crippen molar-refractivity contribution in [2.75, 3.05) is 0 Å². The van der Waals surface area contributed by atoms with Crippen LogP contribution in [-0.2, 0) is 11.3 Å². The summed E-state index contributed by atoms with van der Waals surface area (Å²) in [6.45, 7) is 3.91. The SMILES string of the molecule is Cc1ccc(C)c(C(=O)O)c1CO[C@@H]1C=C[C@H](O)C1. The van der Waals surface area contributed by atoms with Gasteiger partial charge in [-0.3, -0.25) is 0 Å². The summed E-state index contributed by atoms with van der Waals surface area (Å²) in [6, 6.07) is 3.71. The second-order valence-corrected chi connectivity index (χ2v) is 4.90. The number of aromatic carboxylic acids is 1. The Morgan fingerprint density at radius 1 is 1.32 bits per heavy atom. The molecule has 2 N–H and O–H groups in total. The monoisotopic (exact) mass is 262 g/mol. The Morgan fingerprint density at radius 2 is 2.00 bits per heavy atom. The van der Waals surface area contributed by atoms with Gasteiger partial charge in [-0.2, -0.15) is 0 Å². The topological polar surface area (TPSA) is 66.8 Å². The number of aliphatic hydroxyl groups is 1. The number of carboxylic acid groups (broad SMARTS) is 1. The predicted octanol–water partition coefficient (Wildman–Crippen LogP) is 2.21. The van der Waals surface area contributed by atoms with Crippen molar-refractivity contribution in [2.45, 2.75) is 39.1 Å². The third-order valence-corrected chi connectivity index (χ3v) is 3.43. The van der Waals surface area contributed by atoms with Gasteiger partial charge in [-0.1, -0.05) is 24.3 Å². The van der Waals surface area contributed by atoms with Gasteiger partial charge in [0.15, 0.2) is 0 Å². The first-order valence-electron chi connectivity index (χ1n) is 6.29. The molecule has 0 fully saturated rings. The summed E-state index contributed by atoms with van der Waals surface area (Å²) in [5.74, 6) is -0.929. The highest BCUT2D eigenvalue weighted by atomic mass is 16.5. The van der Waals surface area contributed by atoms with Crippen LogP contribution in [0.5, 0.6) is 0 Å². The molecule has 0 bridgehead atoms. The summed E-state index contributed by atoms with van der Waals surface area (Å²) >= 11 is 0. The van der Waals surface area contributed by atoms with Crippen molar-refractivity contribution in [3.63, 3.8) is 0 Å². The van der Waals surface area contributed by atoms with Crippen LogP contribution in [0.4, 0.5) is 0 Å². The quantitative estimate of drug-likeness (QED) is 0.816. The molecule has 0 radical (unpaired) electrons. The molecule has 0 saturated carbocycles. The lowest BCUT2D eigenvalue weighted by Crippen LogP contribution is -2.14. The van der Waals surface area contributed by atoms with Gasteiger partial charge in [0.05, 0.1) is 24.4 Å². The first-order valence-corrected chi connectivity index (χ1v) is 6.29. The van der Waals surface area contributed by atoms with Crippen molar-refractivity contribution in [3.05, 3.63) is 46.5 Å². The minimum atomic E-state index is -0.929. The Kier molecular flexibility index (Phi) is 4.02. The number of aliphatic hydroxyl groups excluding tert-OH is 1. The molecule has 1 aromatic carbocycles. The van der Waals surface area contributed by atoms with Crippen molar-refractivity contribution >= 4 is 5.97 Å². The van der Waals surface area contributed by atoms with Crippen LogP contribution in [-0.4, -0.2) is 28.4 Å². The molecule has 0 aromatic heterocycles. The third kappa shape index (κ3) is 3.03. The standard InChI is InChI=1S/C15H18O4/c1-9-3-4-10(2)14(15(17)18)13(9)8-19-12-6-5-11(16)7-12/h3-6,11-12,16H,7-8H2,1-2H3,(H,17,18)/t11-,12+/m0/s1. The summed E-state index contributed by atoms with van der Waals surface area (Å²) in [6.07, 6.45) is 3.45. The summed E-state index contributed by atoms with van der Waals surface area (Å²) in [7, 11) is 0. The van der Waals surface area contributed by atoms with Crippen molar-refractivity contribution in [1.29, 1.82) is 0 Å². The molecule has 2 atom stereocenters. The van der Waals surface area contributed by atoms with Crippen molar-refractivity contribution in [2.24, 2.45) is 0 Å². The molecule has 4 heteroatoms. The molecule has 1 aliphatic rings. The van der Waals surface area contributed by atoms with Crippen LogP contribution in [0.15, 0.2) is 24.3 Å². The molecule has 0 spiro atoms. The molecule has 102 valence electrons. The van der Waals surface area contributed by atoms with E-state index in [1.54, 1.807) is 13.0 Å². The lowest BCUT2D eigenvalue weighted by atomic mass is 9.98. The number of hydrogen-bond acceptors (Lipinski definition) is 3. The maximum atomic E-state index is 11.3. The van der Waals surface area contributed by atoms with Gasteiger partial charge >= 0.3 is 5.97 Å². The number of carbonyl (C=O) groups is 1. The largest absolute Gasteiger partial charge is 0.478 e. The molecule has 0 heterocycles. The zero-order valence-corrected chi connectivity index (χ0v) is 11.1. The minimum absolute atomic E-state index is 0.142. The van der Waals surface area contributed by atoms with Crippen molar-refractivity contribution in [1.82, 2.24) is 0 Å². The molecule has 0 amide bonds. The van der Waals surface area contributed by atoms with Crippen molar-refractivity contribution in [3.8, 4) is 0 Å². The molecule has 0 unspecified atom stereocenters. The zero-order valence-electron chi connectivity index (χ0n) is 11.1. The fourth-order valence-electron chi connectivity index (χ4n) is 2.31. The van der Waals surface area contributed by atoms with Crippen LogP contribution in [0.2, 0.25) is 0 Å². The highest BCUT2D eigenvalue weighted by Crippen LogP contribution is 2.22. The third-order valence-electron chi connectivity index (χ3n) is 3.43. The molecule has 2 rings (SSSR count). The van der Waals surface area contributed by atoms with E-state index in [4.69, 9.17) is 4.74 Å². The van der Waals surface area contributed by atoms with Gasteiger partial charge in [0, 0.05) is 6.42 Å². The normalized spacial score (nSPS) is 21.8. The first kappa shape index (κ1) is 13.8. The number of carboxylic acids is 1.